The topological polar surface area (TPSA) is 92.5 Å². The Balaban J connectivity index is 2.02. The summed E-state index contributed by atoms with van der Waals surface area (Å²) in [6.45, 7) is 1.21. The Bertz CT molecular complexity index is 904. The van der Waals surface area contributed by atoms with E-state index in [4.69, 9.17) is 11.6 Å². The van der Waals surface area contributed by atoms with Gasteiger partial charge in [-0.15, -0.1) is 0 Å². The van der Waals surface area contributed by atoms with E-state index in [1.54, 1.807) is 18.2 Å². The number of non-ortho nitro benzene ring substituents is 1. The highest BCUT2D eigenvalue weighted by molar-refractivity contribution is 7.89. The maximum absolute atomic E-state index is 13.1. The fraction of sp³-hybridized carbons (Fsp3) is 0.250. The molecule has 0 bridgehead atoms. The van der Waals surface area contributed by atoms with E-state index in [0.717, 1.165) is 11.6 Å². The van der Waals surface area contributed by atoms with Crippen LogP contribution in [0.2, 0.25) is 5.02 Å². The summed E-state index contributed by atoms with van der Waals surface area (Å²) in [5.74, 6) is 0. The van der Waals surface area contributed by atoms with Crippen molar-refractivity contribution < 1.29 is 13.3 Å². The van der Waals surface area contributed by atoms with Crippen molar-refractivity contribution in [1.29, 1.82) is 0 Å². The van der Waals surface area contributed by atoms with Gasteiger partial charge in [-0.2, -0.15) is 4.31 Å². The molecular formula is C16H16ClN3O4S. The summed E-state index contributed by atoms with van der Waals surface area (Å²) in [6.07, 6.45) is 0. The third-order valence-electron chi connectivity index (χ3n) is 4.06. The lowest BCUT2D eigenvalue weighted by Crippen LogP contribution is -2.48. The molecule has 9 heteroatoms. The summed E-state index contributed by atoms with van der Waals surface area (Å²) in [5.41, 5.74) is 0.518. The summed E-state index contributed by atoms with van der Waals surface area (Å²) in [6, 6.07) is 11.7. The van der Waals surface area contributed by atoms with Gasteiger partial charge in [-0.3, -0.25) is 10.1 Å². The van der Waals surface area contributed by atoms with Crippen molar-refractivity contribution in [2.24, 2.45) is 0 Å². The van der Waals surface area contributed by atoms with Gasteiger partial charge in [0.25, 0.3) is 5.69 Å². The van der Waals surface area contributed by atoms with Gasteiger partial charge in [-0.05, 0) is 23.8 Å². The average Bonchev–Trinajstić information content (AvgIpc) is 2.62. The van der Waals surface area contributed by atoms with Crippen molar-refractivity contribution in [3.63, 3.8) is 0 Å². The molecule has 1 fully saturated rings. The molecule has 0 saturated carbocycles. The van der Waals surface area contributed by atoms with Crippen molar-refractivity contribution in [1.82, 2.24) is 9.62 Å². The number of sulfonamides is 1. The summed E-state index contributed by atoms with van der Waals surface area (Å²) in [7, 11) is -3.88. The molecule has 132 valence electrons. The van der Waals surface area contributed by atoms with Crippen LogP contribution in [-0.4, -0.2) is 37.3 Å². The number of nitro groups is 1. The van der Waals surface area contributed by atoms with Gasteiger partial charge in [-0.1, -0.05) is 29.8 Å². The zero-order chi connectivity index (χ0) is 18.0. The second-order valence-corrected chi connectivity index (χ2v) is 7.97. The summed E-state index contributed by atoms with van der Waals surface area (Å²) in [5, 5.41) is 14.7. The van der Waals surface area contributed by atoms with Crippen LogP contribution in [0.4, 0.5) is 5.69 Å². The smallest absolute Gasteiger partial charge is 0.270 e. The number of benzene rings is 2. The van der Waals surface area contributed by atoms with E-state index >= 15 is 0 Å². The third kappa shape index (κ3) is 3.67. The number of rotatable bonds is 4. The molecule has 1 atom stereocenters. The zero-order valence-electron chi connectivity index (χ0n) is 13.1. The van der Waals surface area contributed by atoms with E-state index < -0.39 is 21.0 Å². The first-order chi connectivity index (χ1) is 11.9. The minimum absolute atomic E-state index is 0.0874. The fourth-order valence-electron chi connectivity index (χ4n) is 2.86. The van der Waals surface area contributed by atoms with Gasteiger partial charge in [0.1, 0.15) is 0 Å². The number of hydrogen-bond acceptors (Lipinski definition) is 5. The number of piperazine rings is 1. The van der Waals surface area contributed by atoms with E-state index in [2.05, 4.69) is 5.32 Å². The van der Waals surface area contributed by atoms with Gasteiger partial charge in [-0.25, -0.2) is 8.42 Å². The Morgan fingerprint density at radius 3 is 2.68 bits per heavy atom. The molecule has 1 unspecified atom stereocenters. The van der Waals surface area contributed by atoms with E-state index in [-0.39, 0.29) is 17.1 Å². The standard InChI is InChI=1S/C16H16ClN3O4S/c17-13-4-1-3-12(9-13)16-11-18-7-8-19(16)25(23,24)15-6-2-5-14(10-15)20(21)22/h1-6,9-10,16,18H,7-8,11H2. The van der Waals surface area contributed by atoms with Crippen LogP contribution in [0.3, 0.4) is 0 Å². The second-order valence-electron chi connectivity index (χ2n) is 5.65. The number of nitrogens with one attached hydrogen (secondary N) is 1. The molecule has 1 saturated heterocycles. The molecule has 2 aromatic rings. The number of hydrogen-bond donors (Lipinski definition) is 1. The molecule has 1 N–H and O–H groups in total. The minimum Gasteiger partial charge on any atom is -0.313 e. The van der Waals surface area contributed by atoms with Crippen LogP contribution in [0.1, 0.15) is 11.6 Å². The van der Waals surface area contributed by atoms with E-state index in [1.807, 2.05) is 6.07 Å². The number of nitrogens with zero attached hydrogens (tertiary/aromatic N) is 2. The predicted octanol–water partition coefficient (Wildman–Crippen LogP) is 2.58. The van der Waals surface area contributed by atoms with Crippen LogP contribution in [0.25, 0.3) is 0 Å². The quantitative estimate of drug-likeness (QED) is 0.649. The Kier molecular flexibility index (Phi) is 5.05. The lowest BCUT2D eigenvalue weighted by atomic mass is 10.1. The van der Waals surface area contributed by atoms with Gasteiger partial charge < -0.3 is 5.32 Å². The Morgan fingerprint density at radius 2 is 1.96 bits per heavy atom. The van der Waals surface area contributed by atoms with Crippen LogP contribution in [0.5, 0.6) is 0 Å². The molecule has 0 spiro atoms. The molecule has 1 heterocycles. The second kappa shape index (κ2) is 7.09. The van der Waals surface area contributed by atoms with Gasteiger partial charge in [0, 0.05) is 36.8 Å². The van der Waals surface area contributed by atoms with Crippen molar-refractivity contribution in [3.05, 3.63) is 69.2 Å². The normalized spacial score (nSPS) is 18.8. The molecular weight excluding hydrogens is 366 g/mol. The molecule has 3 rings (SSSR count). The van der Waals surface area contributed by atoms with Crippen LogP contribution in [-0.2, 0) is 10.0 Å². The van der Waals surface area contributed by atoms with Crippen LogP contribution in [0, 0.1) is 10.1 Å². The molecule has 1 aliphatic rings. The molecule has 0 radical (unpaired) electrons. The van der Waals surface area contributed by atoms with Crippen molar-refractivity contribution >= 4 is 27.3 Å². The summed E-state index contributed by atoms with van der Waals surface area (Å²) >= 11 is 6.04. The maximum Gasteiger partial charge on any atom is 0.270 e. The summed E-state index contributed by atoms with van der Waals surface area (Å²) < 4.78 is 27.5. The van der Waals surface area contributed by atoms with Crippen molar-refractivity contribution in [2.45, 2.75) is 10.9 Å². The number of halogens is 1. The van der Waals surface area contributed by atoms with E-state index in [9.17, 15) is 18.5 Å². The van der Waals surface area contributed by atoms with Gasteiger partial charge in [0.2, 0.25) is 10.0 Å². The van der Waals surface area contributed by atoms with Gasteiger partial charge in [0.05, 0.1) is 15.9 Å². The van der Waals surface area contributed by atoms with Crippen molar-refractivity contribution in [3.8, 4) is 0 Å². The highest BCUT2D eigenvalue weighted by Crippen LogP contribution is 2.31. The van der Waals surface area contributed by atoms with Gasteiger partial charge >= 0.3 is 0 Å². The molecule has 2 aromatic carbocycles. The third-order valence-corrected chi connectivity index (χ3v) is 6.20. The average molecular weight is 382 g/mol. The molecule has 0 aliphatic carbocycles. The highest BCUT2D eigenvalue weighted by Gasteiger charge is 2.35. The predicted molar refractivity (Wildman–Crippen MR) is 94.1 cm³/mol. The van der Waals surface area contributed by atoms with Crippen molar-refractivity contribution in [2.75, 3.05) is 19.6 Å². The Labute approximate surface area is 150 Å². The largest absolute Gasteiger partial charge is 0.313 e. The first-order valence-corrected chi connectivity index (χ1v) is 9.44. The first kappa shape index (κ1) is 17.8. The van der Waals surface area contributed by atoms with E-state index in [0.29, 0.717) is 18.1 Å². The molecule has 7 nitrogen and oxygen atoms in total. The molecule has 25 heavy (non-hydrogen) atoms. The molecule has 0 amide bonds. The highest BCUT2D eigenvalue weighted by atomic mass is 35.5. The Morgan fingerprint density at radius 1 is 1.20 bits per heavy atom. The first-order valence-electron chi connectivity index (χ1n) is 7.62. The SMILES string of the molecule is O=[N+]([O-])c1cccc(S(=O)(=O)N2CCNCC2c2cccc(Cl)c2)c1. The molecule has 1 aliphatic heterocycles. The van der Waals surface area contributed by atoms with Crippen LogP contribution >= 0.6 is 11.6 Å². The molecule has 0 aromatic heterocycles. The van der Waals surface area contributed by atoms with Crippen LogP contribution in [0.15, 0.2) is 53.4 Å². The van der Waals surface area contributed by atoms with E-state index in [1.165, 1.54) is 22.5 Å². The lowest BCUT2D eigenvalue weighted by molar-refractivity contribution is -0.385. The lowest BCUT2D eigenvalue weighted by Gasteiger charge is -2.35. The number of nitro benzene ring substituents is 1. The van der Waals surface area contributed by atoms with Gasteiger partial charge in [0.15, 0.2) is 0 Å². The van der Waals surface area contributed by atoms with Crippen LogP contribution < -0.4 is 5.32 Å². The zero-order valence-corrected chi connectivity index (χ0v) is 14.7. The fourth-order valence-corrected chi connectivity index (χ4v) is 4.72. The minimum atomic E-state index is -3.88. The summed E-state index contributed by atoms with van der Waals surface area (Å²) in [4.78, 5) is 10.3. The maximum atomic E-state index is 13.1. The Hall–Kier alpha value is -2.00. The monoisotopic (exact) mass is 381 g/mol.